The van der Waals surface area contributed by atoms with Crippen molar-refractivity contribution >= 4 is 5.91 Å². The van der Waals surface area contributed by atoms with Crippen molar-refractivity contribution in [1.29, 1.82) is 0 Å². The van der Waals surface area contributed by atoms with Gasteiger partial charge in [0.25, 0.3) is 0 Å². The first-order valence-electron chi connectivity index (χ1n) is 5.26. The second kappa shape index (κ2) is 4.75. The van der Waals surface area contributed by atoms with E-state index < -0.39 is 5.60 Å². The van der Waals surface area contributed by atoms with E-state index >= 15 is 0 Å². The summed E-state index contributed by atoms with van der Waals surface area (Å²) < 4.78 is 0. The van der Waals surface area contributed by atoms with Crippen LogP contribution in [0.15, 0.2) is 0 Å². The molecular formula is C10H20N2O2. The molecule has 1 aliphatic heterocycles. The van der Waals surface area contributed by atoms with Crippen molar-refractivity contribution in [1.82, 2.24) is 10.2 Å². The largest absolute Gasteiger partial charge is 0.388 e. The summed E-state index contributed by atoms with van der Waals surface area (Å²) >= 11 is 0. The van der Waals surface area contributed by atoms with Crippen LogP contribution in [0.1, 0.15) is 26.7 Å². The first kappa shape index (κ1) is 11.5. The molecule has 1 amide bonds. The van der Waals surface area contributed by atoms with Gasteiger partial charge in [-0.2, -0.15) is 0 Å². The van der Waals surface area contributed by atoms with Crippen LogP contribution in [0.4, 0.5) is 0 Å². The fourth-order valence-electron chi connectivity index (χ4n) is 1.78. The second-order valence-electron chi connectivity index (χ2n) is 4.20. The zero-order valence-electron chi connectivity index (χ0n) is 9.05. The molecule has 0 aromatic heterocycles. The highest BCUT2D eigenvalue weighted by Gasteiger charge is 2.30. The maximum absolute atomic E-state index is 11.6. The molecule has 0 spiro atoms. The van der Waals surface area contributed by atoms with Gasteiger partial charge in [0.1, 0.15) is 0 Å². The molecule has 2 N–H and O–H groups in total. The molecular weight excluding hydrogens is 180 g/mol. The third-order valence-corrected chi connectivity index (χ3v) is 2.55. The Morgan fingerprint density at radius 2 is 2.36 bits per heavy atom. The maximum atomic E-state index is 11.6. The van der Waals surface area contributed by atoms with Crippen LogP contribution in [-0.4, -0.2) is 47.7 Å². The summed E-state index contributed by atoms with van der Waals surface area (Å²) in [7, 11) is 0. The third kappa shape index (κ3) is 3.27. The number of hydrogen-bond donors (Lipinski definition) is 2. The minimum atomic E-state index is -0.694. The van der Waals surface area contributed by atoms with E-state index in [0.29, 0.717) is 13.1 Å². The highest BCUT2D eigenvalue weighted by atomic mass is 16.3. The predicted octanol–water partition coefficient (Wildman–Crippen LogP) is -0.0307. The number of rotatable bonds is 3. The topological polar surface area (TPSA) is 52.6 Å². The molecule has 1 fully saturated rings. The minimum Gasteiger partial charge on any atom is -0.388 e. The summed E-state index contributed by atoms with van der Waals surface area (Å²) in [5.41, 5.74) is -0.694. The van der Waals surface area contributed by atoms with Crippen LogP contribution in [-0.2, 0) is 4.79 Å². The molecule has 0 aromatic carbocycles. The van der Waals surface area contributed by atoms with E-state index in [4.69, 9.17) is 0 Å². The zero-order valence-corrected chi connectivity index (χ0v) is 9.05. The number of nitrogens with one attached hydrogen (secondary N) is 1. The lowest BCUT2D eigenvalue weighted by Crippen LogP contribution is -2.50. The van der Waals surface area contributed by atoms with E-state index in [-0.39, 0.29) is 5.91 Å². The van der Waals surface area contributed by atoms with Crippen molar-refractivity contribution in [2.75, 3.05) is 26.2 Å². The van der Waals surface area contributed by atoms with Crippen LogP contribution < -0.4 is 5.32 Å². The summed E-state index contributed by atoms with van der Waals surface area (Å²) in [5, 5.41) is 12.8. The lowest BCUT2D eigenvalue weighted by molar-refractivity contribution is -0.136. The molecule has 1 aliphatic rings. The fourth-order valence-corrected chi connectivity index (χ4v) is 1.78. The Morgan fingerprint density at radius 1 is 1.64 bits per heavy atom. The summed E-state index contributed by atoms with van der Waals surface area (Å²) in [5.74, 6) is 0.0897. The molecule has 1 atom stereocenters. The van der Waals surface area contributed by atoms with Gasteiger partial charge in [0.05, 0.1) is 12.1 Å². The number of carbonyl (C=O) groups is 1. The van der Waals surface area contributed by atoms with Crippen molar-refractivity contribution in [3.8, 4) is 0 Å². The van der Waals surface area contributed by atoms with Gasteiger partial charge >= 0.3 is 0 Å². The van der Waals surface area contributed by atoms with Gasteiger partial charge in [-0.3, -0.25) is 4.79 Å². The normalized spacial score (nSPS) is 27.8. The first-order valence-corrected chi connectivity index (χ1v) is 5.26. The van der Waals surface area contributed by atoms with Gasteiger partial charge in [-0.15, -0.1) is 0 Å². The number of piperidine rings is 1. The molecule has 1 rings (SSSR count). The average molecular weight is 200 g/mol. The molecule has 0 radical (unpaired) electrons. The number of β-amino-alcohol motifs (C(OH)–C–C–N with tert-alkyl or cyclic N) is 1. The van der Waals surface area contributed by atoms with E-state index in [1.165, 1.54) is 0 Å². The van der Waals surface area contributed by atoms with Crippen LogP contribution in [0.25, 0.3) is 0 Å². The van der Waals surface area contributed by atoms with E-state index in [1.807, 2.05) is 6.92 Å². The van der Waals surface area contributed by atoms with Crippen LogP contribution in [0.2, 0.25) is 0 Å². The number of likely N-dealkylation sites (N-methyl/N-ethyl adjacent to an activating group) is 1. The highest BCUT2D eigenvalue weighted by Crippen LogP contribution is 2.19. The molecule has 14 heavy (non-hydrogen) atoms. The van der Waals surface area contributed by atoms with Crippen molar-refractivity contribution in [3.05, 3.63) is 0 Å². The van der Waals surface area contributed by atoms with Crippen LogP contribution in [0.3, 0.4) is 0 Å². The standard InChI is InChI=1S/C10H20N2O2/c1-3-11-7-9(13)12-6-4-5-10(2,14)8-12/h11,14H,3-8H2,1-2H3. The quantitative estimate of drug-likeness (QED) is 0.672. The van der Waals surface area contributed by atoms with Crippen molar-refractivity contribution < 1.29 is 9.90 Å². The minimum absolute atomic E-state index is 0.0897. The Balaban J connectivity index is 2.40. The van der Waals surface area contributed by atoms with Gasteiger partial charge in [-0.25, -0.2) is 0 Å². The Labute approximate surface area is 85.3 Å². The first-order chi connectivity index (χ1) is 6.55. The van der Waals surface area contributed by atoms with Crippen molar-refractivity contribution in [3.63, 3.8) is 0 Å². The van der Waals surface area contributed by atoms with E-state index in [2.05, 4.69) is 5.32 Å². The summed E-state index contributed by atoms with van der Waals surface area (Å²) in [6.07, 6.45) is 1.68. The SMILES string of the molecule is CCNCC(=O)N1CCCC(C)(O)C1. The summed E-state index contributed by atoms with van der Waals surface area (Å²) in [6, 6.07) is 0. The van der Waals surface area contributed by atoms with Gasteiger partial charge < -0.3 is 15.3 Å². The number of hydrogen-bond acceptors (Lipinski definition) is 3. The number of carbonyl (C=O) groups excluding carboxylic acids is 1. The molecule has 0 saturated carbocycles. The number of nitrogens with zero attached hydrogens (tertiary/aromatic N) is 1. The number of likely N-dealkylation sites (tertiary alicyclic amines) is 1. The molecule has 0 aliphatic carbocycles. The molecule has 4 nitrogen and oxygen atoms in total. The van der Waals surface area contributed by atoms with Crippen molar-refractivity contribution in [2.45, 2.75) is 32.3 Å². The Morgan fingerprint density at radius 3 is 2.93 bits per heavy atom. The molecule has 1 heterocycles. The van der Waals surface area contributed by atoms with Gasteiger partial charge in [-0.05, 0) is 26.3 Å². The monoisotopic (exact) mass is 200 g/mol. The number of amides is 1. The number of aliphatic hydroxyl groups is 1. The predicted molar refractivity (Wildman–Crippen MR) is 55.0 cm³/mol. The maximum Gasteiger partial charge on any atom is 0.236 e. The van der Waals surface area contributed by atoms with Gasteiger partial charge in [0.2, 0.25) is 5.91 Å². The summed E-state index contributed by atoms with van der Waals surface area (Å²) in [4.78, 5) is 13.3. The van der Waals surface area contributed by atoms with Crippen LogP contribution in [0, 0.1) is 0 Å². The molecule has 0 aromatic rings. The lowest BCUT2D eigenvalue weighted by Gasteiger charge is -2.36. The molecule has 1 unspecified atom stereocenters. The average Bonchev–Trinajstić information content (AvgIpc) is 2.12. The van der Waals surface area contributed by atoms with Crippen molar-refractivity contribution in [2.24, 2.45) is 0 Å². The van der Waals surface area contributed by atoms with Gasteiger partial charge in [-0.1, -0.05) is 6.92 Å². The van der Waals surface area contributed by atoms with Crippen LogP contribution >= 0.6 is 0 Å². The lowest BCUT2D eigenvalue weighted by atomic mass is 9.95. The van der Waals surface area contributed by atoms with Gasteiger partial charge in [0.15, 0.2) is 0 Å². The molecule has 0 bridgehead atoms. The second-order valence-corrected chi connectivity index (χ2v) is 4.20. The van der Waals surface area contributed by atoms with E-state index in [1.54, 1.807) is 11.8 Å². The molecule has 1 saturated heterocycles. The fraction of sp³-hybridized carbons (Fsp3) is 0.900. The van der Waals surface area contributed by atoms with E-state index in [0.717, 1.165) is 25.9 Å². The third-order valence-electron chi connectivity index (χ3n) is 2.55. The smallest absolute Gasteiger partial charge is 0.236 e. The zero-order chi connectivity index (χ0) is 10.6. The highest BCUT2D eigenvalue weighted by molar-refractivity contribution is 5.78. The van der Waals surface area contributed by atoms with Gasteiger partial charge in [0, 0.05) is 13.1 Å². The van der Waals surface area contributed by atoms with E-state index in [9.17, 15) is 9.90 Å². The summed E-state index contributed by atoms with van der Waals surface area (Å²) in [6.45, 7) is 6.19. The Bertz CT molecular complexity index is 204. The molecule has 4 heteroatoms. The Kier molecular flexibility index (Phi) is 3.89. The molecule has 82 valence electrons. The van der Waals surface area contributed by atoms with Crippen LogP contribution in [0.5, 0.6) is 0 Å². The Hall–Kier alpha value is -0.610.